The van der Waals surface area contributed by atoms with E-state index in [1.165, 1.54) is 0 Å². The number of rotatable bonds is 6. The van der Waals surface area contributed by atoms with Gasteiger partial charge in [-0.25, -0.2) is 13.1 Å². The zero-order chi connectivity index (χ0) is 17.0. The van der Waals surface area contributed by atoms with E-state index in [1.807, 2.05) is 20.8 Å². The molecule has 1 fully saturated rings. The van der Waals surface area contributed by atoms with Crippen LogP contribution >= 0.6 is 0 Å². The van der Waals surface area contributed by atoms with Crippen molar-refractivity contribution >= 4 is 15.9 Å². The number of nitrogens with one attached hydrogen (secondary N) is 1. The Bertz CT molecular complexity index is 646. The number of aryl methyl sites for hydroxylation is 1. The summed E-state index contributed by atoms with van der Waals surface area (Å²) in [6, 6.07) is 1.71. The van der Waals surface area contributed by atoms with Gasteiger partial charge in [-0.2, -0.15) is 5.10 Å². The molecule has 1 N–H and O–H groups in total. The van der Waals surface area contributed by atoms with Crippen molar-refractivity contribution in [3.05, 3.63) is 17.5 Å². The molecule has 0 spiro atoms. The highest BCUT2D eigenvalue weighted by Crippen LogP contribution is 2.19. The van der Waals surface area contributed by atoms with E-state index in [0.29, 0.717) is 25.6 Å². The van der Waals surface area contributed by atoms with Crippen LogP contribution in [-0.4, -0.2) is 43.1 Å². The molecular weight excluding hydrogens is 318 g/mol. The summed E-state index contributed by atoms with van der Waals surface area (Å²) in [6.45, 7) is 7.11. The van der Waals surface area contributed by atoms with Crippen molar-refractivity contribution in [2.45, 2.75) is 46.1 Å². The van der Waals surface area contributed by atoms with E-state index in [9.17, 15) is 13.2 Å². The van der Waals surface area contributed by atoms with Crippen LogP contribution in [0.15, 0.2) is 6.07 Å². The van der Waals surface area contributed by atoms with Gasteiger partial charge in [0, 0.05) is 24.9 Å². The Morgan fingerprint density at radius 3 is 2.65 bits per heavy atom. The lowest BCUT2D eigenvalue weighted by Crippen LogP contribution is -2.34. The van der Waals surface area contributed by atoms with E-state index >= 15 is 0 Å². The van der Waals surface area contributed by atoms with Crippen molar-refractivity contribution < 1.29 is 17.9 Å². The van der Waals surface area contributed by atoms with E-state index in [0.717, 1.165) is 18.5 Å². The first-order valence-corrected chi connectivity index (χ1v) is 9.62. The fourth-order valence-corrected chi connectivity index (χ4v) is 3.86. The van der Waals surface area contributed by atoms with E-state index in [-0.39, 0.29) is 17.5 Å². The third-order valence-electron chi connectivity index (χ3n) is 4.03. The zero-order valence-electron chi connectivity index (χ0n) is 13.9. The lowest BCUT2D eigenvalue weighted by molar-refractivity contribution is 0.0655. The zero-order valence-corrected chi connectivity index (χ0v) is 14.7. The Morgan fingerprint density at radius 1 is 1.43 bits per heavy atom. The minimum atomic E-state index is -3.64. The summed E-state index contributed by atoms with van der Waals surface area (Å²) >= 11 is 0. The lowest BCUT2D eigenvalue weighted by Gasteiger charge is -2.21. The van der Waals surface area contributed by atoms with Crippen molar-refractivity contribution in [1.29, 1.82) is 0 Å². The summed E-state index contributed by atoms with van der Waals surface area (Å²) in [5.41, 5.74) is 0.954. The predicted molar refractivity (Wildman–Crippen MR) is 86.8 cm³/mol. The van der Waals surface area contributed by atoms with Gasteiger partial charge in [0.15, 0.2) is 5.69 Å². The lowest BCUT2D eigenvalue weighted by atomic mass is 9.98. The van der Waals surface area contributed by atoms with Crippen molar-refractivity contribution in [2.75, 3.05) is 19.0 Å². The second kappa shape index (κ2) is 7.44. The maximum absolute atomic E-state index is 12.1. The molecule has 0 atom stereocenters. The van der Waals surface area contributed by atoms with Crippen LogP contribution in [-0.2, 0) is 14.8 Å². The van der Waals surface area contributed by atoms with Crippen LogP contribution in [0.1, 0.15) is 55.3 Å². The van der Waals surface area contributed by atoms with Crippen LogP contribution in [0.25, 0.3) is 0 Å². The molecule has 130 valence electrons. The normalized spacial score (nSPS) is 16.7. The van der Waals surface area contributed by atoms with Gasteiger partial charge >= 0.3 is 0 Å². The molecule has 1 amide bonds. The topological polar surface area (TPSA) is 90.3 Å². The third kappa shape index (κ3) is 5.04. The smallest absolute Gasteiger partial charge is 0.285 e. The summed E-state index contributed by atoms with van der Waals surface area (Å²) in [6.07, 6.45) is 2.30. The highest BCUT2D eigenvalue weighted by Gasteiger charge is 2.22. The molecule has 1 saturated heterocycles. The molecule has 0 aromatic carbocycles. The number of sulfonamides is 1. The number of hydrogen-bond donors (Lipinski definition) is 1. The molecule has 2 rings (SSSR count). The van der Waals surface area contributed by atoms with Gasteiger partial charge in [-0.1, -0.05) is 0 Å². The molecule has 1 aliphatic rings. The first-order valence-electron chi connectivity index (χ1n) is 7.97. The highest BCUT2D eigenvalue weighted by molar-refractivity contribution is 7.90. The summed E-state index contributed by atoms with van der Waals surface area (Å²) in [4.78, 5) is 12.1. The monoisotopic (exact) mass is 343 g/mol. The van der Waals surface area contributed by atoms with Crippen molar-refractivity contribution in [3.8, 4) is 0 Å². The highest BCUT2D eigenvalue weighted by atomic mass is 32.2. The van der Waals surface area contributed by atoms with E-state index < -0.39 is 15.9 Å². The molecule has 7 nitrogen and oxygen atoms in total. The first-order chi connectivity index (χ1) is 10.8. The third-order valence-corrected chi connectivity index (χ3v) is 5.30. The SMILES string of the molecule is Cc1cc(C(=O)NS(=O)(=O)CCC2CCOCC2)nn1C(C)C. The fraction of sp³-hybridized carbons (Fsp3) is 0.733. The second-order valence-corrected chi connectivity index (χ2v) is 8.15. The Balaban J connectivity index is 1.93. The maximum atomic E-state index is 12.1. The van der Waals surface area contributed by atoms with Gasteiger partial charge in [-0.05, 0) is 52.0 Å². The number of carbonyl (C=O) groups is 1. The van der Waals surface area contributed by atoms with Crippen LogP contribution < -0.4 is 4.72 Å². The van der Waals surface area contributed by atoms with Gasteiger partial charge in [0.2, 0.25) is 10.0 Å². The largest absolute Gasteiger partial charge is 0.381 e. The Hall–Kier alpha value is -1.41. The van der Waals surface area contributed by atoms with Crippen molar-refractivity contribution in [3.63, 3.8) is 0 Å². The molecule has 1 aliphatic heterocycles. The minimum Gasteiger partial charge on any atom is -0.381 e. The van der Waals surface area contributed by atoms with Crippen LogP contribution in [0.3, 0.4) is 0 Å². The van der Waals surface area contributed by atoms with Gasteiger partial charge in [0.25, 0.3) is 5.91 Å². The molecule has 23 heavy (non-hydrogen) atoms. The van der Waals surface area contributed by atoms with Gasteiger partial charge in [-0.3, -0.25) is 9.48 Å². The maximum Gasteiger partial charge on any atom is 0.285 e. The van der Waals surface area contributed by atoms with Crippen LogP contribution in [0.4, 0.5) is 0 Å². The average Bonchev–Trinajstić information content (AvgIpc) is 2.88. The molecular formula is C15H25N3O4S. The fourth-order valence-electron chi connectivity index (χ4n) is 2.72. The molecule has 2 heterocycles. The molecule has 1 aromatic rings. The number of amides is 1. The van der Waals surface area contributed by atoms with Crippen LogP contribution in [0, 0.1) is 12.8 Å². The Morgan fingerprint density at radius 2 is 2.09 bits per heavy atom. The number of ether oxygens (including phenoxy) is 1. The quantitative estimate of drug-likeness (QED) is 0.848. The molecule has 0 radical (unpaired) electrons. The molecule has 0 bridgehead atoms. The summed E-state index contributed by atoms with van der Waals surface area (Å²) < 4.78 is 33.2. The molecule has 0 unspecified atom stereocenters. The molecule has 1 aromatic heterocycles. The first kappa shape index (κ1) is 17.9. The van der Waals surface area contributed by atoms with E-state index in [1.54, 1.807) is 10.7 Å². The molecule has 0 saturated carbocycles. The Labute approximate surface area is 137 Å². The van der Waals surface area contributed by atoms with Gasteiger partial charge in [-0.15, -0.1) is 0 Å². The number of carbonyl (C=O) groups excluding carboxylic acids is 1. The van der Waals surface area contributed by atoms with Gasteiger partial charge in [0.1, 0.15) is 0 Å². The predicted octanol–water partition coefficient (Wildman–Crippen LogP) is 1.65. The van der Waals surface area contributed by atoms with Crippen LogP contribution in [0.5, 0.6) is 0 Å². The van der Waals surface area contributed by atoms with Gasteiger partial charge < -0.3 is 4.74 Å². The van der Waals surface area contributed by atoms with Crippen molar-refractivity contribution in [1.82, 2.24) is 14.5 Å². The average molecular weight is 343 g/mol. The standard InChI is InChI=1S/C15H25N3O4S/c1-11(2)18-12(3)10-14(16-18)15(19)17-23(20,21)9-6-13-4-7-22-8-5-13/h10-11,13H,4-9H2,1-3H3,(H,17,19). The molecule has 8 heteroatoms. The number of hydrogen-bond acceptors (Lipinski definition) is 5. The minimum absolute atomic E-state index is 0.0483. The number of nitrogens with zero attached hydrogens (tertiary/aromatic N) is 2. The second-order valence-electron chi connectivity index (χ2n) is 6.30. The van der Waals surface area contributed by atoms with Crippen molar-refractivity contribution in [2.24, 2.45) is 5.92 Å². The van der Waals surface area contributed by atoms with E-state index in [4.69, 9.17) is 4.74 Å². The summed E-state index contributed by atoms with van der Waals surface area (Å²) in [5.74, 6) is -0.370. The Kier molecular flexibility index (Phi) is 5.80. The number of aromatic nitrogens is 2. The van der Waals surface area contributed by atoms with Crippen LogP contribution in [0.2, 0.25) is 0 Å². The molecule has 0 aliphatic carbocycles. The summed E-state index contributed by atoms with van der Waals surface area (Å²) in [7, 11) is -3.64. The summed E-state index contributed by atoms with van der Waals surface area (Å²) in [5, 5.41) is 4.17. The van der Waals surface area contributed by atoms with E-state index in [2.05, 4.69) is 9.82 Å². The van der Waals surface area contributed by atoms with Gasteiger partial charge in [0.05, 0.1) is 5.75 Å².